The molecule has 0 atom stereocenters. The molecule has 0 aromatic carbocycles. The number of carbonyl (C=O) groups excluding carboxylic acids is 1. The second-order valence-corrected chi connectivity index (χ2v) is 4.91. The standard InChI is InChI=1S/C13H21N5O/c1-10-9-12(11(2)16-15-10)13(19)18-7-5-17(4-3-14)6-8-18/h9H,3-8,14H2,1-2H3. The monoisotopic (exact) mass is 263 g/mol. The second kappa shape index (κ2) is 6.08. The van der Waals surface area contributed by atoms with Gasteiger partial charge in [-0.05, 0) is 19.9 Å². The van der Waals surface area contributed by atoms with Gasteiger partial charge in [-0.15, -0.1) is 0 Å². The first-order valence-corrected chi connectivity index (χ1v) is 6.64. The van der Waals surface area contributed by atoms with Crippen molar-refractivity contribution >= 4 is 5.91 Å². The van der Waals surface area contributed by atoms with E-state index in [2.05, 4.69) is 15.1 Å². The van der Waals surface area contributed by atoms with Crippen molar-refractivity contribution in [2.75, 3.05) is 39.3 Å². The number of nitrogens with zero attached hydrogens (tertiary/aromatic N) is 4. The van der Waals surface area contributed by atoms with Gasteiger partial charge in [0.15, 0.2) is 0 Å². The molecule has 1 fully saturated rings. The molecule has 0 spiro atoms. The van der Waals surface area contributed by atoms with Crippen molar-refractivity contribution in [3.8, 4) is 0 Å². The third kappa shape index (κ3) is 3.27. The van der Waals surface area contributed by atoms with Gasteiger partial charge >= 0.3 is 0 Å². The fourth-order valence-electron chi connectivity index (χ4n) is 2.29. The minimum Gasteiger partial charge on any atom is -0.336 e. The van der Waals surface area contributed by atoms with Gasteiger partial charge in [0.2, 0.25) is 0 Å². The van der Waals surface area contributed by atoms with Gasteiger partial charge in [-0.25, -0.2) is 0 Å². The van der Waals surface area contributed by atoms with Gasteiger partial charge in [0.25, 0.3) is 5.91 Å². The maximum atomic E-state index is 12.5. The van der Waals surface area contributed by atoms with E-state index in [0.29, 0.717) is 17.8 Å². The summed E-state index contributed by atoms with van der Waals surface area (Å²) in [5.41, 5.74) is 7.68. The molecule has 0 radical (unpaired) electrons. The van der Waals surface area contributed by atoms with Gasteiger partial charge in [-0.1, -0.05) is 0 Å². The molecule has 1 aromatic rings. The molecule has 0 unspecified atom stereocenters. The first-order valence-electron chi connectivity index (χ1n) is 6.64. The molecule has 104 valence electrons. The number of hydrogen-bond donors (Lipinski definition) is 1. The zero-order valence-corrected chi connectivity index (χ0v) is 11.6. The molecule has 2 N–H and O–H groups in total. The molecule has 1 aromatic heterocycles. The number of rotatable bonds is 3. The summed E-state index contributed by atoms with van der Waals surface area (Å²) in [6, 6.07) is 1.82. The zero-order chi connectivity index (χ0) is 13.8. The van der Waals surface area contributed by atoms with Crippen LogP contribution in [0.2, 0.25) is 0 Å². The average Bonchev–Trinajstić information content (AvgIpc) is 2.42. The minimum atomic E-state index is 0.0582. The summed E-state index contributed by atoms with van der Waals surface area (Å²) in [4.78, 5) is 16.6. The van der Waals surface area contributed by atoms with Gasteiger partial charge in [0.05, 0.1) is 17.0 Å². The molecule has 6 heteroatoms. The van der Waals surface area contributed by atoms with E-state index in [1.54, 1.807) is 0 Å². The number of amides is 1. The summed E-state index contributed by atoms with van der Waals surface area (Å²) in [6.07, 6.45) is 0. The number of piperazine rings is 1. The van der Waals surface area contributed by atoms with Crippen LogP contribution in [0.3, 0.4) is 0 Å². The quantitative estimate of drug-likeness (QED) is 0.818. The van der Waals surface area contributed by atoms with Crippen LogP contribution in [-0.4, -0.2) is 65.2 Å². The first kappa shape index (κ1) is 13.9. The van der Waals surface area contributed by atoms with Crippen molar-refractivity contribution in [3.05, 3.63) is 23.0 Å². The van der Waals surface area contributed by atoms with E-state index in [-0.39, 0.29) is 5.91 Å². The van der Waals surface area contributed by atoms with Crippen LogP contribution >= 0.6 is 0 Å². The maximum Gasteiger partial charge on any atom is 0.255 e. The molecule has 0 aliphatic carbocycles. The molecule has 2 heterocycles. The van der Waals surface area contributed by atoms with E-state index in [4.69, 9.17) is 5.73 Å². The third-order valence-electron chi connectivity index (χ3n) is 3.44. The lowest BCUT2D eigenvalue weighted by atomic mass is 10.1. The Morgan fingerprint density at radius 3 is 2.58 bits per heavy atom. The SMILES string of the molecule is Cc1cc(C(=O)N2CCN(CCN)CC2)c(C)nn1. The average molecular weight is 263 g/mol. The third-order valence-corrected chi connectivity index (χ3v) is 3.44. The van der Waals surface area contributed by atoms with Gasteiger partial charge in [0, 0.05) is 39.3 Å². The van der Waals surface area contributed by atoms with E-state index in [9.17, 15) is 4.79 Å². The van der Waals surface area contributed by atoms with Crippen LogP contribution in [0.25, 0.3) is 0 Å². The smallest absolute Gasteiger partial charge is 0.255 e. The molecule has 0 saturated carbocycles. The molecule has 1 aliphatic rings. The number of aromatic nitrogens is 2. The Labute approximate surface area is 113 Å². The van der Waals surface area contributed by atoms with Gasteiger partial charge in [-0.2, -0.15) is 10.2 Å². The van der Waals surface area contributed by atoms with Gasteiger partial charge < -0.3 is 10.6 Å². The Bertz CT molecular complexity index is 454. The summed E-state index contributed by atoms with van der Waals surface area (Å²) in [6.45, 7) is 8.52. The summed E-state index contributed by atoms with van der Waals surface area (Å²) < 4.78 is 0. The van der Waals surface area contributed by atoms with E-state index < -0.39 is 0 Å². The first-order chi connectivity index (χ1) is 9.11. The predicted octanol–water partition coefficient (Wildman–Crippen LogP) is -0.190. The fraction of sp³-hybridized carbons (Fsp3) is 0.615. The molecule has 1 amide bonds. The van der Waals surface area contributed by atoms with E-state index >= 15 is 0 Å². The van der Waals surface area contributed by atoms with E-state index in [1.165, 1.54) is 0 Å². The van der Waals surface area contributed by atoms with E-state index in [0.717, 1.165) is 38.4 Å². The van der Waals surface area contributed by atoms with Crippen molar-refractivity contribution < 1.29 is 4.79 Å². The lowest BCUT2D eigenvalue weighted by Crippen LogP contribution is -2.49. The molecular weight excluding hydrogens is 242 g/mol. The largest absolute Gasteiger partial charge is 0.336 e. The van der Waals surface area contributed by atoms with Crippen molar-refractivity contribution in [3.63, 3.8) is 0 Å². The van der Waals surface area contributed by atoms with Crippen LogP contribution in [0.5, 0.6) is 0 Å². The number of nitrogens with two attached hydrogens (primary N) is 1. The highest BCUT2D eigenvalue weighted by Gasteiger charge is 2.23. The van der Waals surface area contributed by atoms with Crippen molar-refractivity contribution in [2.24, 2.45) is 5.73 Å². The molecular formula is C13H21N5O. The second-order valence-electron chi connectivity index (χ2n) is 4.91. The fourth-order valence-corrected chi connectivity index (χ4v) is 2.29. The van der Waals surface area contributed by atoms with Crippen LogP contribution in [0.15, 0.2) is 6.07 Å². The van der Waals surface area contributed by atoms with Crippen LogP contribution < -0.4 is 5.73 Å². The predicted molar refractivity (Wildman–Crippen MR) is 72.9 cm³/mol. The lowest BCUT2D eigenvalue weighted by molar-refractivity contribution is 0.0639. The summed E-state index contributed by atoms with van der Waals surface area (Å²) >= 11 is 0. The molecule has 0 bridgehead atoms. The van der Waals surface area contributed by atoms with Crippen molar-refractivity contribution in [2.45, 2.75) is 13.8 Å². The molecule has 1 saturated heterocycles. The summed E-state index contributed by atoms with van der Waals surface area (Å²) in [5.74, 6) is 0.0582. The Balaban J connectivity index is 2.03. The van der Waals surface area contributed by atoms with Crippen molar-refractivity contribution in [1.82, 2.24) is 20.0 Å². The number of hydrogen-bond acceptors (Lipinski definition) is 5. The van der Waals surface area contributed by atoms with E-state index in [1.807, 2.05) is 24.8 Å². The highest BCUT2D eigenvalue weighted by atomic mass is 16.2. The molecule has 2 rings (SSSR count). The van der Waals surface area contributed by atoms with Gasteiger partial charge in [0.1, 0.15) is 0 Å². The summed E-state index contributed by atoms with van der Waals surface area (Å²) in [7, 11) is 0. The maximum absolute atomic E-state index is 12.5. The van der Waals surface area contributed by atoms with Crippen LogP contribution in [0.1, 0.15) is 21.7 Å². The van der Waals surface area contributed by atoms with Crippen molar-refractivity contribution in [1.29, 1.82) is 0 Å². The molecule has 6 nitrogen and oxygen atoms in total. The normalized spacial score (nSPS) is 16.7. The minimum absolute atomic E-state index is 0.0582. The Morgan fingerprint density at radius 1 is 1.26 bits per heavy atom. The summed E-state index contributed by atoms with van der Waals surface area (Å²) in [5, 5.41) is 7.97. The van der Waals surface area contributed by atoms with Gasteiger partial charge in [-0.3, -0.25) is 9.69 Å². The molecule has 1 aliphatic heterocycles. The highest BCUT2D eigenvalue weighted by Crippen LogP contribution is 2.11. The number of carbonyl (C=O) groups is 1. The zero-order valence-electron chi connectivity index (χ0n) is 11.6. The molecule has 19 heavy (non-hydrogen) atoms. The highest BCUT2D eigenvalue weighted by molar-refractivity contribution is 5.95. The Hall–Kier alpha value is -1.53. The lowest BCUT2D eigenvalue weighted by Gasteiger charge is -2.34. The number of aryl methyl sites for hydroxylation is 2. The topological polar surface area (TPSA) is 75.4 Å². The van der Waals surface area contributed by atoms with Crippen LogP contribution in [0.4, 0.5) is 0 Å². The Morgan fingerprint density at radius 2 is 1.95 bits per heavy atom. The van der Waals surface area contributed by atoms with Crippen LogP contribution in [-0.2, 0) is 0 Å². The Kier molecular flexibility index (Phi) is 4.44. The van der Waals surface area contributed by atoms with Crippen LogP contribution in [0, 0.1) is 13.8 Å².